The monoisotopic (exact) mass is 3140 g/mol. The summed E-state index contributed by atoms with van der Waals surface area (Å²) in [6.07, 6.45) is 0. The molecule has 10 fully saturated rings. The van der Waals surface area contributed by atoms with E-state index < -0.39 is 144 Å². The molecule has 77 heteroatoms. The summed E-state index contributed by atoms with van der Waals surface area (Å²) in [5.74, 6) is 0. The van der Waals surface area contributed by atoms with Gasteiger partial charge in [-0.3, -0.25) is 0 Å². The molecule has 4 aromatic carbocycles. The maximum Gasteiger partial charge on any atom is 0 e. The molecule has 0 amide bonds. The normalized spacial score (nSPS) is 23.5. The van der Waals surface area contributed by atoms with Gasteiger partial charge in [-0.2, -0.15) is 0 Å². The van der Waals surface area contributed by atoms with Crippen molar-refractivity contribution >= 4 is 143 Å². The minimum Gasteiger partial charge on any atom is 0 e. The van der Waals surface area contributed by atoms with Crippen molar-refractivity contribution in [1.82, 2.24) is 0 Å². The Bertz CT molecular complexity index is 2850. The van der Waals surface area contributed by atoms with Gasteiger partial charge in [0.05, 0.1) is 0 Å². The molecular formula is C68H186O53Si14Zr10. The van der Waals surface area contributed by atoms with Gasteiger partial charge in [0.2, 0.25) is 0 Å². The first kappa shape index (κ1) is 240. The molecule has 14 rings (SSSR count). The number of benzene rings is 4. The van der Waals surface area contributed by atoms with E-state index in [4.69, 9.17) is 158 Å². The maximum absolute atomic E-state index is 11.5. The Morgan fingerprint density at radius 3 is 0.455 bits per heavy atom. The number of aliphatic hydroxyl groups is 16. The van der Waals surface area contributed by atoms with Crippen LogP contribution in [0.25, 0.3) is 0 Å². The quantitative estimate of drug-likeness (QED) is 0.0463. The van der Waals surface area contributed by atoms with E-state index in [1.807, 2.05) is 175 Å². The van der Waals surface area contributed by atoms with Crippen molar-refractivity contribution in [3.8, 4) is 0 Å². The minimum absolute atomic E-state index is 0. The first-order valence-corrected chi connectivity index (χ1v) is 69.0. The van der Waals surface area contributed by atoms with Crippen LogP contribution >= 0.6 is 0 Å². The molecule has 4 unspecified atom stereocenters. The van der Waals surface area contributed by atoms with E-state index in [2.05, 4.69) is 0 Å². The molecule has 10 saturated heterocycles. The van der Waals surface area contributed by atoms with E-state index in [0.29, 0.717) is 0 Å². The topological polar surface area (TPSA) is 1010 Å². The van der Waals surface area contributed by atoms with E-state index >= 15 is 0 Å². The first-order chi connectivity index (χ1) is 57.5. The standard InChI is InChI=1S/2C16H24O4Si3.2C8H18O8Si4.16CH4O.4CH4.12H2O.O.10Zr/c2*1-21(2,17)19-22(3,4)20-23(18,15-11-7-5-8-12-15)16-13-9-6-10-14-16;2*1-5-7-8-6(2)18(10,12-4)14-20(8)15-19(7,16-20)13-17(5,9)11-3;16*1-2;;;;;;;;;;;;;;;;;;;;;;;;;;;/h2*5-14,17-18H,1-4H3;2*5-10H,1-4H3;16*2H,1H3;4*1H4;12*1H2;;;;;;;;;;;/q;;;;;;;;;;;;;;;;;;;;;;;;;;;;;;;;;;;;;;;;;;;;;;+2/p-2/t;;2*5-,6+,7-,8+,17?,18?,19?,20?;;;;;;;;;;;;;;;;;;;;;;;;;;;;;;;;;;;;;;;;;;;. The van der Waals surface area contributed by atoms with Crippen LogP contribution in [-0.4, -0.2) is 445 Å². The van der Waals surface area contributed by atoms with Crippen molar-refractivity contribution in [2.75, 3.05) is 142 Å². The first-order valence-electron chi connectivity index (χ1n) is 36.2. The predicted molar refractivity (Wildman–Crippen MR) is 542 cm³/mol. The minimum atomic E-state index is -3.79. The van der Waals surface area contributed by atoms with Crippen molar-refractivity contribution in [3.05, 3.63) is 121 Å². The van der Waals surface area contributed by atoms with Gasteiger partial charge in [-0.25, -0.2) is 0 Å². The van der Waals surface area contributed by atoms with Crippen LogP contribution in [0.4, 0.5) is 0 Å². The molecule has 0 radical (unpaired) electrons. The Morgan fingerprint density at radius 2 is 0.359 bits per heavy atom. The van der Waals surface area contributed by atoms with Gasteiger partial charge in [0, 0.05) is 422 Å². The van der Waals surface area contributed by atoms with E-state index in [1.54, 1.807) is 26.2 Å². The summed E-state index contributed by atoms with van der Waals surface area (Å²) in [6, 6.07) is 37.8. The number of aliphatic hydroxyl groups excluding tert-OH is 16. The Morgan fingerprint density at radius 1 is 0.248 bits per heavy atom. The van der Waals surface area contributed by atoms with Crippen LogP contribution in [0.1, 0.15) is 57.4 Å². The Labute approximate surface area is 1060 Å². The molecule has 12 atom stereocenters. The summed E-state index contributed by atoms with van der Waals surface area (Å²) in [4.78, 5) is 85.2. The summed E-state index contributed by atoms with van der Waals surface area (Å²) in [6.45, 7) is 21.9. The fraction of sp³-hybridized carbons (Fsp3) is 0.647. The van der Waals surface area contributed by atoms with E-state index in [1.165, 1.54) is 28.4 Å². The van der Waals surface area contributed by atoms with Crippen molar-refractivity contribution in [2.24, 2.45) is 0 Å². The summed E-state index contributed by atoms with van der Waals surface area (Å²) in [5.41, 5.74) is -0.842. The van der Waals surface area contributed by atoms with Crippen molar-refractivity contribution in [3.63, 3.8) is 0 Å². The Balaban J connectivity index is -0.0000000337. The largest absolute Gasteiger partial charge is 0 e. The van der Waals surface area contributed by atoms with Crippen LogP contribution in [0, 0.1) is 0 Å². The zero-order valence-electron chi connectivity index (χ0n) is 85.7. The van der Waals surface area contributed by atoms with Crippen molar-refractivity contribution < 1.29 is 510 Å². The van der Waals surface area contributed by atoms with Crippen LogP contribution in [0.5, 0.6) is 0 Å². The van der Waals surface area contributed by atoms with E-state index in [0.717, 1.165) is 135 Å². The average molecular weight is 3160 g/mol. The molecule has 0 aliphatic carbocycles. The van der Waals surface area contributed by atoms with Crippen molar-refractivity contribution in [1.29, 1.82) is 0 Å². The van der Waals surface area contributed by atoms with Crippen LogP contribution < -0.4 is 20.7 Å². The van der Waals surface area contributed by atoms with E-state index in [9.17, 15) is 38.4 Å². The van der Waals surface area contributed by atoms with Gasteiger partial charge in [-0.05, 0) is 73.1 Å². The molecule has 46 N–H and O–H groups in total. The van der Waals surface area contributed by atoms with Gasteiger partial charge in [0.25, 0.3) is 0 Å². The second-order valence-electron chi connectivity index (χ2n) is 25.0. The molecule has 10 heterocycles. The molecule has 145 heavy (non-hydrogen) atoms. The van der Waals surface area contributed by atoms with Gasteiger partial charge in [0.1, 0.15) is 0 Å². The molecule has 4 bridgehead atoms. The predicted octanol–water partition coefficient (Wildman–Crippen LogP) is -10.6. The maximum atomic E-state index is 11.5. The van der Waals surface area contributed by atoms with Gasteiger partial charge >= 0.3 is 154 Å². The molecule has 872 valence electrons. The zero-order valence-corrected chi connectivity index (χ0v) is 124. The fourth-order valence-corrected chi connectivity index (χ4v) is 80.7. The van der Waals surface area contributed by atoms with Crippen LogP contribution in [0.15, 0.2) is 121 Å². The van der Waals surface area contributed by atoms with Crippen LogP contribution in [-0.2, 0) is 328 Å². The van der Waals surface area contributed by atoms with Gasteiger partial charge in [-0.1, -0.05) is 179 Å². The Kier molecular flexibility index (Phi) is 203. The molecule has 0 aromatic heterocycles. The third kappa shape index (κ3) is 69.5. The second kappa shape index (κ2) is 123. The second-order valence-corrected chi connectivity index (χ2v) is 70.2. The smallest absolute Gasteiger partial charge is 0 e. The third-order valence-corrected chi connectivity index (χ3v) is 70.9. The van der Waals surface area contributed by atoms with Crippen LogP contribution in [0.2, 0.25) is 96.7 Å². The van der Waals surface area contributed by atoms with E-state index in [-0.39, 0.29) is 365 Å². The number of hydrogen-bond donors (Lipinski definition) is 26. The summed E-state index contributed by atoms with van der Waals surface area (Å²) < 4.78 is 116. The molecular weight excluding hydrogens is 2970 g/mol. The molecule has 0 saturated carbocycles. The average Bonchev–Trinajstić information content (AvgIpc) is 1.47. The van der Waals surface area contributed by atoms with Crippen molar-refractivity contribution in [2.45, 2.75) is 154 Å². The van der Waals surface area contributed by atoms with Gasteiger partial charge < -0.3 is 242 Å². The number of rotatable bonds is 16. The zero-order chi connectivity index (χ0) is 99.0. The third-order valence-electron chi connectivity index (χ3n) is 16.8. The fourth-order valence-electron chi connectivity index (χ4n) is 13.3. The van der Waals surface area contributed by atoms with Crippen LogP contribution in [0.3, 0.4) is 0 Å². The molecule has 10 aliphatic heterocycles. The Hall–Kier alpha value is 6.47. The molecule has 53 nitrogen and oxygen atoms in total. The van der Waals surface area contributed by atoms with Gasteiger partial charge in [-0.15, -0.1) is 0 Å². The summed E-state index contributed by atoms with van der Waals surface area (Å²) in [5, 5.41) is 115. The summed E-state index contributed by atoms with van der Waals surface area (Å²) in [7, 11) is -20.5. The SMILES string of the molecule is C.C.C.C.CO.CO.CO.CO.CO.CO.CO.CO.CO.CO.CO.CO.CO.CO.CO.CO.CO[Si]1(O)O[Si]23O[Si]4(O[Si](O)(OC)[C@@H](C)[C@H]4[C@H]2[C@H]1C)O3.CO[Si]1(O)O[Si]23O[Si]4(O[Si](O)(OC)[C@@H](C)[C@H]4[C@H]2[C@H]1C)O3.C[Si](C)(O)O[Si](C)(C)O[Si](O)(c1ccccc1)c1ccccc1.C[Si](C)(O)O[Si](C)(C)O[Si](O)(c1ccccc1)c1ccccc1.O.O.O.O.O.O.O.O.O.O.[O]=[Zr]([OH])[OH].[Zr].[Zr].[Zr].[Zr].[Zr].[Zr].[Zr].[Zr].[Zr]. The molecule has 4 spiro atoms. The summed E-state index contributed by atoms with van der Waals surface area (Å²) >= 11 is -3.79. The molecule has 10 aliphatic rings. The number of hydrogen-bond acceptors (Lipinski definition) is 41. The molecule has 4 aromatic rings. The van der Waals surface area contributed by atoms with Gasteiger partial charge in [0.15, 0.2) is 0 Å².